The Morgan fingerprint density at radius 3 is 2.56 bits per heavy atom. The minimum absolute atomic E-state index is 0.0166. The molecule has 0 saturated heterocycles. The van der Waals surface area contributed by atoms with Crippen LogP contribution in [-0.2, 0) is 17.8 Å². The third-order valence-corrected chi connectivity index (χ3v) is 6.12. The molecule has 0 saturated carbocycles. The van der Waals surface area contributed by atoms with Gasteiger partial charge < -0.3 is 9.47 Å². The second kappa shape index (κ2) is 13.3. The average Bonchev–Trinajstić information content (AvgIpc) is 2.88. The minimum atomic E-state index is -0.447. The summed E-state index contributed by atoms with van der Waals surface area (Å²) in [5, 5.41) is 15.5. The predicted molar refractivity (Wildman–Crippen MR) is 142 cm³/mol. The smallest absolute Gasteiger partial charge is 0.269 e. The monoisotopic (exact) mass is 525 g/mol. The third-order valence-electron chi connectivity index (χ3n) is 4.86. The molecule has 1 amide bonds. The van der Waals surface area contributed by atoms with E-state index in [1.54, 1.807) is 36.4 Å². The molecule has 3 aromatic carbocycles. The molecule has 0 aliphatic heterocycles. The first-order chi connectivity index (χ1) is 17.4. The molecule has 0 unspecified atom stereocenters. The molecule has 3 aromatic rings. The van der Waals surface area contributed by atoms with E-state index in [2.05, 4.69) is 17.1 Å². The summed E-state index contributed by atoms with van der Waals surface area (Å²) in [6.45, 7) is 4.00. The van der Waals surface area contributed by atoms with Crippen LogP contribution in [0.15, 0.2) is 83.3 Å². The van der Waals surface area contributed by atoms with E-state index in [0.29, 0.717) is 28.5 Å². The number of benzene rings is 3. The zero-order valence-corrected chi connectivity index (χ0v) is 21.1. The number of nitrogens with zero attached hydrogens (tertiary/aromatic N) is 2. The fourth-order valence-corrected chi connectivity index (χ4v) is 3.96. The summed E-state index contributed by atoms with van der Waals surface area (Å²) in [4.78, 5) is 23.5. The molecule has 0 aliphatic rings. The van der Waals surface area contributed by atoms with Crippen molar-refractivity contribution in [2.75, 3.05) is 12.9 Å². The van der Waals surface area contributed by atoms with Gasteiger partial charge in [-0.1, -0.05) is 17.7 Å². The first-order valence-corrected chi connectivity index (χ1v) is 12.1. The van der Waals surface area contributed by atoms with Crippen LogP contribution in [-0.4, -0.2) is 29.9 Å². The summed E-state index contributed by atoms with van der Waals surface area (Å²) in [6, 6.07) is 17.0. The summed E-state index contributed by atoms with van der Waals surface area (Å²) >= 11 is 7.25. The van der Waals surface area contributed by atoms with Crippen molar-refractivity contribution in [3.05, 3.63) is 105 Å². The van der Waals surface area contributed by atoms with Crippen molar-refractivity contribution in [3.63, 3.8) is 0 Å². The molecule has 1 N–H and O–H groups in total. The Morgan fingerprint density at radius 1 is 1.19 bits per heavy atom. The zero-order chi connectivity index (χ0) is 25.9. The summed E-state index contributed by atoms with van der Waals surface area (Å²) in [5.74, 6) is 0.991. The van der Waals surface area contributed by atoms with Crippen molar-refractivity contribution < 1.29 is 19.2 Å². The number of hydrazone groups is 1. The zero-order valence-electron chi connectivity index (χ0n) is 19.5. The molecule has 8 nitrogen and oxygen atoms in total. The van der Waals surface area contributed by atoms with E-state index in [1.807, 2.05) is 18.2 Å². The van der Waals surface area contributed by atoms with Gasteiger partial charge in [-0.05, 0) is 66.1 Å². The number of nitro benzene ring substituents is 1. The van der Waals surface area contributed by atoms with Gasteiger partial charge >= 0.3 is 0 Å². The van der Waals surface area contributed by atoms with Crippen LogP contribution in [0, 0.1) is 10.1 Å². The molecule has 0 spiro atoms. The third kappa shape index (κ3) is 7.86. The minimum Gasteiger partial charge on any atom is -0.493 e. The topological polar surface area (TPSA) is 103 Å². The largest absolute Gasteiger partial charge is 0.493 e. The lowest BCUT2D eigenvalue weighted by molar-refractivity contribution is -0.384. The summed E-state index contributed by atoms with van der Waals surface area (Å²) in [5.41, 5.74) is 4.83. The van der Waals surface area contributed by atoms with E-state index in [9.17, 15) is 14.9 Å². The van der Waals surface area contributed by atoms with Crippen LogP contribution in [0.3, 0.4) is 0 Å². The van der Waals surface area contributed by atoms with Gasteiger partial charge in [0.25, 0.3) is 5.69 Å². The standard InChI is InChI=1S/C26H24ClN3O5S/c1-3-4-20-13-19(15-28-29-25(31)17-36-23-11-7-21(27)8-12-23)14-24(34-2)26(20)35-16-18-5-9-22(10-6-18)30(32)33/h3,5-15H,1,4,16-17H2,2H3,(H,29,31)/b28-15-. The molecule has 0 radical (unpaired) electrons. The van der Waals surface area contributed by atoms with E-state index in [4.69, 9.17) is 21.1 Å². The van der Waals surface area contributed by atoms with Crippen LogP contribution < -0.4 is 14.9 Å². The van der Waals surface area contributed by atoms with Gasteiger partial charge in [0.15, 0.2) is 11.5 Å². The van der Waals surface area contributed by atoms with Gasteiger partial charge in [-0.25, -0.2) is 5.43 Å². The summed E-state index contributed by atoms with van der Waals surface area (Å²) < 4.78 is 11.5. The van der Waals surface area contributed by atoms with Crippen molar-refractivity contribution in [2.24, 2.45) is 5.10 Å². The first-order valence-electron chi connectivity index (χ1n) is 10.8. The van der Waals surface area contributed by atoms with E-state index in [-0.39, 0.29) is 24.0 Å². The molecule has 0 atom stereocenters. The molecular weight excluding hydrogens is 502 g/mol. The van der Waals surface area contributed by atoms with E-state index in [0.717, 1.165) is 16.0 Å². The number of halogens is 1. The number of non-ortho nitro benzene ring substituents is 1. The van der Waals surface area contributed by atoms with Crippen molar-refractivity contribution >= 4 is 41.2 Å². The molecular formula is C26H24ClN3O5S. The molecule has 0 bridgehead atoms. The lowest BCUT2D eigenvalue weighted by atomic mass is 10.1. The van der Waals surface area contributed by atoms with Gasteiger partial charge in [-0.2, -0.15) is 5.10 Å². The lowest BCUT2D eigenvalue weighted by Gasteiger charge is -2.16. The number of methoxy groups -OCH3 is 1. The Hall–Kier alpha value is -3.82. The van der Waals surface area contributed by atoms with Crippen LogP contribution in [0.5, 0.6) is 11.5 Å². The predicted octanol–water partition coefficient (Wildman–Crippen LogP) is 5.81. The number of carbonyl (C=O) groups excluding carboxylic acids is 1. The maximum atomic E-state index is 12.1. The molecule has 186 valence electrons. The lowest BCUT2D eigenvalue weighted by Crippen LogP contribution is -2.19. The van der Waals surface area contributed by atoms with E-state index >= 15 is 0 Å². The van der Waals surface area contributed by atoms with Crippen LogP contribution in [0.25, 0.3) is 0 Å². The van der Waals surface area contributed by atoms with Crippen molar-refractivity contribution in [2.45, 2.75) is 17.9 Å². The van der Waals surface area contributed by atoms with Crippen molar-refractivity contribution in [1.82, 2.24) is 5.43 Å². The quantitative estimate of drug-likeness (QED) is 0.105. The maximum Gasteiger partial charge on any atom is 0.269 e. The number of hydrogen-bond donors (Lipinski definition) is 1. The van der Waals surface area contributed by atoms with Crippen molar-refractivity contribution in [1.29, 1.82) is 0 Å². The van der Waals surface area contributed by atoms with Gasteiger partial charge in [0, 0.05) is 27.6 Å². The fourth-order valence-electron chi connectivity index (χ4n) is 3.14. The van der Waals surface area contributed by atoms with E-state index in [1.165, 1.54) is 37.2 Å². The summed E-state index contributed by atoms with van der Waals surface area (Å²) in [6.07, 6.45) is 3.78. The van der Waals surface area contributed by atoms with Gasteiger partial charge in [-0.3, -0.25) is 14.9 Å². The normalized spacial score (nSPS) is 10.7. The molecule has 36 heavy (non-hydrogen) atoms. The molecule has 0 fully saturated rings. The number of carbonyl (C=O) groups is 1. The fraction of sp³-hybridized carbons (Fsp3) is 0.154. The molecule has 0 heterocycles. The number of thioether (sulfide) groups is 1. The molecule has 10 heteroatoms. The number of amides is 1. The maximum absolute atomic E-state index is 12.1. The SMILES string of the molecule is C=CCc1cc(/C=N\NC(=O)CSc2ccc(Cl)cc2)cc(OC)c1OCc1ccc([N+](=O)[O-])cc1. The Balaban J connectivity index is 1.65. The van der Waals surface area contributed by atoms with Gasteiger partial charge in [-0.15, -0.1) is 18.3 Å². The Bertz CT molecular complexity index is 1250. The van der Waals surface area contributed by atoms with E-state index < -0.39 is 4.92 Å². The number of ether oxygens (including phenoxy) is 2. The Labute approximate surface area is 218 Å². The molecule has 3 rings (SSSR count). The first kappa shape index (κ1) is 26.8. The number of hydrogen-bond acceptors (Lipinski definition) is 7. The number of nitro groups is 1. The number of allylic oxidation sites excluding steroid dienone is 1. The van der Waals surface area contributed by atoms with Crippen LogP contribution in [0.2, 0.25) is 5.02 Å². The average molecular weight is 526 g/mol. The summed E-state index contributed by atoms with van der Waals surface area (Å²) in [7, 11) is 1.53. The van der Waals surface area contributed by atoms with Gasteiger partial charge in [0.05, 0.1) is 24.0 Å². The van der Waals surface area contributed by atoms with Crippen molar-refractivity contribution in [3.8, 4) is 11.5 Å². The Kier molecular flexibility index (Phi) is 9.91. The second-order valence-corrected chi connectivity index (χ2v) is 8.94. The highest BCUT2D eigenvalue weighted by molar-refractivity contribution is 8.00. The van der Waals surface area contributed by atoms with Crippen LogP contribution >= 0.6 is 23.4 Å². The highest BCUT2D eigenvalue weighted by atomic mass is 35.5. The number of rotatable bonds is 12. The van der Waals surface area contributed by atoms with Gasteiger partial charge in [0.2, 0.25) is 5.91 Å². The van der Waals surface area contributed by atoms with Crippen LogP contribution in [0.4, 0.5) is 5.69 Å². The van der Waals surface area contributed by atoms with Gasteiger partial charge in [0.1, 0.15) is 6.61 Å². The molecule has 0 aliphatic carbocycles. The van der Waals surface area contributed by atoms with Crippen LogP contribution in [0.1, 0.15) is 16.7 Å². The highest BCUT2D eigenvalue weighted by Gasteiger charge is 2.13. The molecule has 0 aromatic heterocycles. The second-order valence-electron chi connectivity index (χ2n) is 7.45. The highest BCUT2D eigenvalue weighted by Crippen LogP contribution is 2.34. The Morgan fingerprint density at radius 2 is 1.92 bits per heavy atom. The number of nitrogens with one attached hydrogen (secondary N) is 1.